The molecule has 9 nitrogen and oxygen atoms in total. The second kappa shape index (κ2) is 5.78. The van der Waals surface area contributed by atoms with E-state index >= 15 is 0 Å². The molecule has 0 radical (unpaired) electrons. The first kappa shape index (κ1) is 16.0. The molecule has 0 spiro atoms. The molecule has 0 bridgehead atoms. The molecule has 1 aliphatic rings. The summed E-state index contributed by atoms with van der Waals surface area (Å²) >= 11 is 0. The van der Waals surface area contributed by atoms with E-state index in [1.165, 1.54) is 20.0 Å². The lowest BCUT2D eigenvalue weighted by molar-refractivity contribution is -0.190. The third-order valence-corrected chi connectivity index (χ3v) is 3.75. The summed E-state index contributed by atoms with van der Waals surface area (Å²) in [5, 5.41) is 10.2. The highest BCUT2D eigenvalue weighted by molar-refractivity contribution is 7.30. The van der Waals surface area contributed by atoms with Gasteiger partial charge in [0.1, 0.15) is 18.9 Å². The molecular formula is C11H15N2O7P. The van der Waals surface area contributed by atoms with Crippen molar-refractivity contribution >= 4 is 8.25 Å². The third kappa shape index (κ3) is 3.45. The molecule has 1 unspecified atom stereocenters. The highest BCUT2D eigenvalue weighted by Gasteiger charge is 2.45. The lowest BCUT2D eigenvalue weighted by Gasteiger charge is -2.20. The van der Waals surface area contributed by atoms with Gasteiger partial charge in [-0.15, -0.1) is 4.52 Å². The Hall–Kier alpha value is -1.38. The molecule has 1 aromatic rings. The molecule has 0 aliphatic carbocycles. The summed E-state index contributed by atoms with van der Waals surface area (Å²) in [6, 6.07) is 0. The van der Waals surface area contributed by atoms with Crippen molar-refractivity contribution in [1.29, 1.82) is 0 Å². The monoisotopic (exact) mass is 318 g/mol. The van der Waals surface area contributed by atoms with Crippen LogP contribution in [0.3, 0.4) is 0 Å². The number of aryl methyl sites for hydroxylation is 1. The number of nitrogens with one attached hydrogen (secondary N) is 1. The van der Waals surface area contributed by atoms with Crippen molar-refractivity contribution in [2.75, 3.05) is 6.61 Å². The summed E-state index contributed by atoms with van der Waals surface area (Å²) in [5.41, 5.74) is -2.20. The molecule has 10 heteroatoms. The van der Waals surface area contributed by atoms with E-state index in [1.54, 1.807) is 0 Å². The topological polar surface area (TPSA) is 134 Å². The quantitative estimate of drug-likeness (QED) is 0.674. The lowest BCUT2D eigenvalue weighted by atomic mass is 9.98. The van der Waals surface area contributed by atoms with Crippen LogP contribution in [0.15, 0.2) is 15.8 Å². The number of H-pyrrole nitrogens is 1. The van der Waals surface area contributed by atoms with Gasteiger partial charge < -0.3 is 14.7 Å². The van der Waals surface area contributed by atoms with E-state index in [1.807, 2.05) is 0 Å². The fraction of sp³-hybridized carbons (Fsp3) is 0.636. The van der Waals surface area contributed by atoms with E-state index in [0.29, 0.717) is 5.56 Å². The Bertz CT molecular complexity index is 665. The van der Waals surface area contributed by atoms with E-state index in [9.17, 15) is 24.2 Å². The van der Waals surface area contributed by atoms with Crippen molar-refractivity contribution in [2.45, 2.75) is 38.2 Å². The zero-order chi connectivity index (χ0) is 15.8. The average molecular weight is 318 g/mol. The van der Waals surface area contributed by atoms with E-state index < -0.39 is 37.4 Å². The minimum Gasteiger partial charge on any atom is -0.566 e. The number of hydrogen-bond donors (Lipinski definition) is 2. The Kier molecular flexibility index (Phi) is 4.40. The Morgan fingerprint density at radius 1 is 1.67 bits per heavy atom. The molecule has 1 saturated heterocycles. The van der Waals surface area contributed by atoms with Gasteiger partial charge in [-0.3, -0.25) is 14.3 Å². The number of hydrogen-bond acceptors (Lipinski definition) is 7. The van der Waals surface area contributed by atoms with Gasteiger partial charge in [-0.05, 0) is 18.4 Å². The highest BCUT2D eigenvalue weighted by Crippen LogP contribution is 2.36. The second-order valence-electron chi connectivity index (χ2n) is 5.14. The van der Waals surface area contributed by atoms with Crippen molar-refractivity contribution in [1.82, 2.24) is 9.55 Å². The Morgan fingerprint density at radius 3 is 2.95 bits per heavy atom. The first-order valence-corrected chi connectivity index (χ1v) is 7.27. The van der Waals surface area contributed by atoms with Crippen LogP contribution in [0.1, 0.15) is 25.1 Å². The maximum atomic E-state index is 11.8. The van der Waals surface area contributed by atoms with E-state index in [0.717, 1.165) is 4.57 Å². The van der Waals surface area contributed by atoms with Crippen LogP contribution in [0.2, 0.25) is 0 Å². The van der Waals surface area contributed by atoms with Crippen molar-refractivity contribution < 1.29 is 23.8 Å². The molecule has 1 aliphatic heterocycles. The van der Waals surface area contributed by atoms with Crippen LogP contribution in [-0.2, 0) is 13.8 Å². The summed E-state index contributed by atoms with van der Waals surface area (Å²) in [6.07, 6.45) is -0.336. The summed E-state index contributed by atoms with van der Waals surface area (Å²) in [7, 11) is -3.05. The lowest BCUT2D eigenvalue weighted by Crippen LogP contribution is -2.37. The number of aromatic nitrogens is 2. The highest BCUT2D eigenvalue weighted by atomic mass is 31.1. The van der Waals surface area contributed by atoms with Crippen molar-refractivity contribution in [3.63, 3.8) is 0 Å². The summed E-state index contributed by atoms with van der Waals surface area (Å²) in [4.78, 5) is 35.7. The van der Waals surface area contributed by atoms with Gasteiger partial charge in [0.2, 0.25) is 0 Å². The standard InChI is InChI=1S/C11H15N2O7P/c1-6-4-13(10(15)12-9(6)14)8-3-11(2,16)7(20-8)5-19-21(17)18/h4,7-8,16H,3,5H2,1-2H3,(H,12,14,15)/t7-,8-,11+/m1/s1. The van der Waals surface area contributed by atoms with Gasteiger partial charge in [-0.2, -0.15) is 0 Å². The van der Waals surface area contributed by atoms with Crippen LogP contribution in [-0.4, -0.2) is 33.0 Å². The van der Waals surface area contributed by atoms with Gasteiger partial charge in [0.05, 0.1) is 5.60 Å². The molecule has 2 heterocycles. The predicted molar refractivity (Wildman–Crippen MR) is 68.8 cm³/mol. The van der Waals surface area contributed by atoms with Crippen LogP contribution in [0.4, 0.5) is 0 Å². The fourth-order valence-electron chi connectivity index (χ4n) is 2.18. The van der Waals surface area contributed by atoms with Gasteiger partial charge in [-0.1, -0.05) is 0 Å². The van der Waals surface area contributed by atoms with E-state index in [-0.39, 0.29) is 13.0 Å². The number of aliphatic hydroxyl groups is 1. The normalized spacial score (nSPS) is 29.6. The summed E-state index contributed by atoms with van der Waals surface area (Å²) < 4.78 is 21.5. The first-order chi connectivity index (χ1) is 9.70. The second-order valence-corrected chi connectivity index (χ2v) is 5.84. The molecule has 2 N–H and O–H groups in total. The van der Waals surface area contributed by atoms with Gasteiger partial charge in [0.15, 0.2) is 0 Å². The number of rotatable bonds is 4. The molecule has 21 heavy (non-hydrogen) atoms. The summed E-state index contributed by atoms with van der Waals surface area (Å²) in [5.74, 6) is 0. The molecule has 116 valence electrons. The van der Waals surface area contributed by atoms with Gasteiger partial charge in [-0.25, -0.2) is 4.79 Å². The maximum Gasteiger partial charge on any atom is 0.488 e. The van der Waals surface area contributed by atoms with Crippen LogP contribution in [0.5, 0.6) is 0 Å². The minimum atomic E-state index is -3.05. The summed E-state index contributed by atoms with van der Waals surface area (Å²) in [6.45, 7) is 2.65. The Labute approximate surface area is 120 Å². The largest absolute Gasteiger partial charge is 0.566 e. The van der Waals surface area contributed by atoms with E-state index in [4.69, 9.17) is 4.74 Å². The zero-order valence-electron chi connectivity index (χ0n) is 11.4. The van der Waals surface area contributed by atoms with E-state index in [2.05, 4.69) is 9.51 Å². The van der Waals surface area contributed by atoms with Crippen LogP contribution in [0, 0.1) is 6.92 Å². The predicted octanol–water partition coefficient (Wildman–Crippen LogP) is -1.08. The number of ether oxygens (including phenoxy) is 1. The van der Waals surface area contributed by atoms with Crippen LogP contribution < -0.4 is 16.1 Å². The van der Waals surface area contributed by atoms with Gasteiger partial charge >= 0.3 is 13.9 Å². The molecule has 1 fully saturated rings. The number of nitrogens with zero attached hydrogens (tertiary/aromatic N) is 1. The zero-order valence-corrected chi connectivity index (χ0v) is 12.3. The molecule has 0 amide bonds. The SMILES string of the molecule is Cc1cn([C@H]2C[C@](C)(O)[C@@H](CO[P+](=O)[O-])O2)c(=O)[nH]c1=O. The molecule has 1 aromatic heterocycles. The molecule has 0 saturated carbocycles. The number of aromatic amines is 1. The minimum absolute atomic E-state index is 0.0576. The van der Waals surface area contributed by atoms with Crippen LogP contribution >= 0.6 is 8.25 Å². The van der Waals surface area contributed by atoms with Crippen molar-refractivity contribution in [3.05, 3.63) is 32.6 Å². The molecule has 4 atom stereocenters. The first-order valence-electron chi connectivity index (χ1n) is 6.18. The molecular weight excluding hydrogens is 303 g/mol. The molecule has 0 aromatic carbocycles. The Balaban J connectivity index is 2.24. The smallest absolute Gasteiger partial charge is 0.488 e. The Morgan fingerprint density at radius 2 is 2.33 bits per heavy atom. The average Bonchev–Trinajstić information content (AvgIpc) is 2.66. The molecule has 2 rings (SSSR count). The van der Waals surface area contributed by atoms with Crippen molar-refractivity contribution in [3.8, 4) is 0 Å². The van der Waals surface area contributed by atoms with Crippen molar-refractivity contribution in [2.24, 2.45) is 0 Å². The fourth-order valence-corrected chi connectivity index (χ4v) is 2.44. The van der Waals surface area contributed by atoms with Gasteiger partial charge in [0.25, 0.3) is 5.56 Å². The van der Waals surface area contributed by atoms with Crippen LogP contribution in [0.25, 0.3) is 0 Å². The van der Waals surface area contributed by atoms with Gasteiger partial charge in [0, 0.05) is 18.2 Å². The maximum absolute atomic E-state index is 11.8. The third-order valence-electron chi connectivity index (χ3n) is 3.39.